The quantitative estimate of drug-likeness (QED) is 0.455. The van der Waals surface area contributed by atoms with E-state index in [9.17, 15) is 9.59 Å². The highest BCUT2D eigenvalue weighted by Crippen LogP contribution is 2.31. The van der Waals surface area contributed by atoms with Crippen molar-refractivity contribution in [3.63, 3.8) is 0 Å². The summed E-state index contributed by atoms with van der Waals surface area (Å²) in [6, 6.07) is 0. The van der Waals surface area contributed by atoms with Crippen LogP contribution in [0.4, 0.5) is 0 Å². The molecular formula is C14H21BN2O3. The first-order valence-electron chi connectivity index (χ1n) is 6.89. The van der Waals surface area contributed by atoms with Gasteiger partial charge >= 0.3 is 5.97 Å². The zero-order valence-corrected chi connectivity index (χ0v) is 12.1. The Morgan fingerprint density at radius 2 is 2.35 bits per heavy atom. The fourth-order valence-corrected chi connectivity index (χ4v) is 2.62. The van der Waals surface area contributed by atoms with E-state index in [1.165, 1.54) is 7.11 Å². The zero-order valence-electron chi connectivity index (χ0n) is 12.1. The number of hydrogen-bond acceptors (Lipinski definition) is 4. The molecule has 20 heavy (non-hydrogen) atoms. The van der Waals surface area contributed by atoms with Crippen molar-refractivity contribution in [1.82, 2.24) is 5.32 Å². The van der Waals surface area contributed by atoms with Crippen molar-refractivity contribution in [2.75, 3.05) is 7.11 Å². The fourth-order valence-electron chi connectivity index (χ4n) is 2.62. The number of rotatable bonds is 6. The molecule has 1 amide bonds. The van der Waals surface area contributed by atoms with Gasteiger partial charge in [-0.2, -0.15) is 0 Å². The molecule has 0 aromatic rings. The van der Waals surface area contributed by atoms with Gasteiger partial charge in [-0.05, 0) is 26.2 Å². The molecule has 0 spiro atoms. The minimum absolute atomic E-state index is 0.231. The van der Waals surface area contributed by atoms with Crippen LogP contribution in [0.15, 0.2) is 12.7 Å². The molecule has 0 aliphatic carbocycles. The maximum Gasteiger partial charge on any atom is 0.331 e. The molecule has 0 radical (unpaired) electrons. The van der Waals surface area contributed by atoms with Crippen LogP contribution in [0, 0.1) is 11.2 Å². The molecule has 0 saturated carbocycles. The van der Waals surface area contributed by atoms with Crippen LogP contribution in [0.2, 0.25) is 12.1 Å². The second-order valence-corrected chi connectivity index (χ2v) is 5.41. The van der Waals surface area contributed by atoms with E-state index in [1.807, 2.05) is 0 Å². The smallest absolute Gasteiger partial charge is 0.331 e. The van der Waals surface area contributed by atoms with E-state index in [1.54, 1.807) is 13.0 Å². The molecule has 5 nitrogen and oxygen atoms in total. The van der Waals surface area contributed by atoms with Crippen molar-refractivity contribution < 1.29 is 14.3 Å². The molecule has 1 N–H and O–H groups in total. The van der Waals surface area contributed by atoms with Gasteiger partial charge in [0, 0.05) is 11.8 Å². The largest absolute Gasteiger partial charge is 0.467 e. The Morgan fingerprint density at radius 3 is 2.90 bits per heavy atom. The van der Waals surface area contributed by atoms with E-state index in [-0.39, 0.29) is 18.4 Å². The van der Waals surface area contributed by atoms with Crippen molar-refractivity contribution in [3.05, 3.63) is 12.7 Å². The van der Waals surface area contributed by atoms with Gasteiger partial charge in [-0.15, -0.1) is 6.58 Å². The maximum absolute atomic E-state index is 12.3. The van der Waals surface area contributed by atoms with E-state index in [4.69, 9.17) is 10.00 Å². The van der Waals surface area contributed by atoms with E-state index < -0.39 is 11.5 Å². The third-order valence-electron chi connectivity index (χ3n) is 3.90. The second-order valence-electron chi connectivity index (χ2n) is 5.41. The van der Waals surface area contributed by atoms with Crippen LogP contribution in [0.25, 0.3) is 0 Å². The van der Waals surface area contributed by atoms with Crippen LogP contribution < -0.4 is 5.32 Å². The van der Waals surface area contributed by atoms with Gasteiger partial charge in [0.05, 0.1) is 7.11 Å². The molecule has 1 saturated heterocycles. The molecule has 0 aromatic carbocycles. The van der Waals surface area contributed by atoms with Gasteiger partial charge in [-0.25, -0.2) is 10.1 Å². The highest BCUT2D eigenvalue weighted by molar-refractivity contribution is 6.72. The number of carbonyl (C=O) groups excluding carboxylic acids is 2. The number of allylic oxidation sites excluding steroid dienone is 1. The molecule has 0 aromatic heterocycles. The third kappa shape index (κ3) is 3.63. The lowest BCUT2D eigenvalue weighted by Gasteiger charge is -2.29. The van der Waals surface area contributed by atoms with Crippen molar-refractivity contribution in [2.45, 2.75) is 50.3 Å². The summed E-state index contributed by atoms with van der Waals surface area (Å²) < 4.78 is 4.78. The minimum atomic E-state index is -1.07. The number of amides is 1. The van der Waals surface area contributed by atoms with Gasteiger partial charge in [0.2, 0.25) is 5.91 Å². The average molecular weight is 276 g/mol. The van der Waals surface area contributed by atoms with Gasteiger partial charge in [0.15, 0.2) is 0 Å². The standard InChI is InChI=1S/C14H21BN2O3/c1-4-5-8-14(2,13(19)20-3)17-12(18)11-7-6-9-15(11)10-16/h4,11H,1,5-9H2,2-3H3,(H,17,18). The average Bonchev–Trinajstić information content (AvgIpc) is 2.92. The summed E-state index contributed by atoms with van der Waals surface area (Å²) in [6.45, 7) is 5.02. The highest BCUT2D eigenvalue weighted by Gasteiger charge is 2.42. The zero-order chi connectivity index (χ0) is 15.2. The van der Waals surface area contributed by atoms with Crippen LogP contribution in [0.5, 0.6) is 0 Å². The molecule has 0 bridgehead atoms. The Morgan fingerprint density at radius 1 is 1.65 bits per heavy atom. The fraction of sp³-hybridized carbons (Fsp3) is 0.643. The molecule has 2 atom stereocenters. The lowest BCUT2D eigenvalue weighted by atomic mass is 9.44. The van der Waals surface area contributed by atoms with Crippen LogP contribution in [0.3, 0.4) is 0 Å². The van der Waals surface area contributed by atoms with Crippen LogP contribution in [0.1, 0.15) is 32.6 Å². The van der Waals surface area contributed by atoms with E-state index >= 15 is 0 Å². The summed E-state index contributed by atoms with van der Waals surface area (Å²) >= 11 is 0. The normalized spacial score (nSPS) is 20.6. The maximum atomic E-state index is 12.3. The lowest BCUT2D eigenvalue weighted by Crippen LogP contribution is -2.54. The molecule has 1 aliphatic heterocycles. The van der Waals surface area contributed by atoms with E-state index in [2.05, 4.69) is 17.9 Å². The highest BCUT2D eigenvalue weighted by atomic mass is 16.5. The number of carbonyl (C=O) groups is 2. The summed E-state index contributed by atoms with van der Waals surface area (Å²) in [7, 11) is 1.30. The van der Waals surface area contributed by atoms with Gasteiger partial charge in [-0.3, -0.25) is 4.79 Å². The number of nitrogens with one attached hydrogen (secondary N) is 1. The summed E-state index contributed by atoms with van der Waals surface area (Å²) in [4.78, 5) is 24.2. The first-order valence-corrected chi connectivity index (χ1v) is 6.89. The Kier molecular flexibility index (Phi) is 5.81. The van der Waals surface area contributed by atoms with E-state index in [0.717, 1.165) is 12.7 Å². The molecule has 1 aliphatic rings. The predicted molar refractivity (Wildman–Crippen MR) is 77.2 cm³/mol. The Hall–Kier alpha value is -1.77. The minimum Gasteiger partial charge on any atom is -0.467 e. The first-order chi connectivity index (χ1) is 9.48. The molecule has 1 rings (SSSR count). The summed E-state index contributed by atoms with van der Waals surface area (Å²) in [5.74, 6) is 1.14. The first kappa shape index (κ1) is 16.3. The Bertz CT molecular complexity index is 433. The Balaban J connectivity index is 2.79. The number of hydrogen-bond donors (Lipinski definition) is 1. The van der Waals surface area contributed by atoms with Crippen LogP contribution in [-0.2, 0) is 14.3 Å². The summed E-state index contributed by atoms with van der Waals surface area (Å²) in [5, 5.41) is 11.8. The third-order valence-corrected chi connectivity index (χ3v) is 3.90. The number of methoxy groups -OCH3 is 1. The second kappa shape index (κ2) is 7.13. The van der Waals surface area contributed by atoms with Gasteiger partial charge in [0.1, 0.15) is 5.54 Å². The monoisotopic (exact) mass is 276 g/mol. The topological polar surface area (TPSA) is 79.2 Å². The molecule has 1 fully saturated rings. The lowest BCUT2D eigenvalue weighted by molar-refractivity contribution is -0.150. The van der Waals surface area contributed by atoms with Crippen molar-refractivity contribution in [3.8, 4) is 5.97 Å². The van der Waals surface area contributed by atoms with E-state index in [0.29, 0.717) is 19.3 Å². The Labute approximate surface area is 120 Å². The SMILES string of the molecule is C=CCCC(C)(NC(=O)C1CCCB1C#N)C(=O)OC. The summed E-state index contributed by atoms with van der Waals surface area (Å²) in [5.41, 5.74) is -1.07. The number of nitriles is 1. The van der Waals surface area contributed by atoms with Crippen molar-refractivity contribution >= 4 is 18.6 Å². The number of nitrogens with zero attached hydrogens (tertiary/aromatic N) is 1. The van der Waals surface area contributed by atoms with Gasteiger partial charge < -0.3 is 10.1 Å². The molecule has 1 heterocycles. The van der Waals surface area contributed by atoms with Crippen LogP contribution in [-0.4, -0.2) is 31.2 Å². The van der Waals surface area contributed by atoms with Crippen LogP contribution >= 0.6 is 0 Å². The molecule has 2 unspecified atom stereocenters. The van der Waals surface area contributed by atoms with Gasteiger partial charge in [-0.1, -0.05) is 18.8 Å². The van der Waals surface area contributed by atoms with Crippen molar-refractivity contribution in [1.29, 1.82) is 5.26 Å². The number of ether oxygens (including phenoxy) is 1. The van der Waals surface area contributed by atoms with Gasteiger partial charge in [0.25, 0.3) is 6.71 Å². The molecule has 108 valence electrons. The molecule has 6 heteroatoms. The summed E-state index contributed by atoms with van der Waals surface area (Å²) in [6.07, 6.45) is 5.04. The molecular weight excluding hydrogens is 255 g/mol. The van der Waals surface area contributed by atoms with Crippen molar-refractivity contribution in [2.24, 2.45) is 0 Å². The number of esters is 1. The predicted octanol–water partition coefficient (Wildman–Crippen LogP) is 1.72.